The van der Waals surface area contributed by atoms with E-state index in [1.165, 1.54) is 0 Å². The van der Waals surface area contributed by atoms with Gasteiger partial charge in [0.15, 0.2) is 5.65 Å². The van der Waals surface area contributed by atoms with Crippen molar-refractivity contribution in [3.63, 3.8) is 0 Å². The molecule has 0 saturated carbocycles. The zero-order valence-electron chi connectivity index (χ0n) is 16.3. The number of benzene rings is 1. The van der Waals surface area contributed by atoms with Gasteiger partial charge in [0.1, 0.15) is 0 Å². The lowest BCUT2D eigenvalue weighted by atomic mass is 10.1. The maximum Gasteiger partial charge on any atom is 0.252 e. The minimum absolute atomic E-state index is 0.0361. The lowest BCUT2D eigenvalue weighted by molar-refractivity contribution is 0.0896. The van der Waals surface area contributed by atoms with Gasteiger partial charge in [-0.2, -0.15) is 5.10 Å². The summed E-state index contributed by atoms with van der Waals surface area (Å²) >= 11 is 0. The number of rotatable bonds is 7. The fourth-order valence-electron chi connectivity index (χ4n) is 3.07. The quantitative estimate of drug-likeness (QED) is 0.690. The number of hydrogen-bond donors (Lipinski definition) is 1. The van der Waals surface area contributed by atoms with Gasteiger partial charge in [-0.3, -0.25) is 4.79 Å². The van der Waals surface area contributed by atoms with Crippen LogP contribution in [0.4, 0.5) is 0 Å². The smallest absolute Gasteiger partial charge is 0.252 e. The van der Waals surface area contributed by atoms with Crippen molar-refractivity contribution in [2.75, 3.05) is 13.7 Å². The van der Waals surface area contributed by atoms with Crippen molar-refractivity contribution in [1.82, 2.24) is 20.1 Å². The Hall–Kier alpha value is -2.73. The lowest BCUT2D eigenvalue weighted by Crippen LogP contribution is -2.37. The third-order valence-corrected chi connectivity index (χ3v) is 4.57. The highest BCUT2D eigenvalue weighted by Crippen LogP contribution is 2.26. The Bertz CT molecular complexity index is 919. The molecule has 6 nitrogen and oxygen atoms in total. The predicted octanol–water partition coefficient (Wildman–Crippen LogP) is 3.83. The monoisotopic (exact) mass is 366 g/mol. The van der Waals surface area contributed by atoms with Crippen molar-refractivity contribution >= 4 is 16.9 Å². The van der Waals surface area contributed by atoms with Crippen LogP contribution in [0.3, 0.4) is 0 Å². The van der Waals surface area contributed by atoms with Gasteiger partial charge in [-0.15, -0.1) is 0 Å². The van der Waals surface area contributed by atoms with Crippen LogP contribution >= 0.6 is 0 Å². The molecule has 2 heterocycles. The van der Waals surface area contributed by atoms with Crippen LogP contribution in [0.2, 0.25) is 0 Å². The van der Waals surface area contributed by atoms with Crippen molar-refractivity contribution in [2.24, 2.45) is 0 Å². The molecule has 0 bridgehead atoms. The standard InChI is InChI=1S/C21H26N4O2/c1-5-16(13-27-4)23-21(26)17-11-19(15-9-7-6-8-10-15)24-20-18(17)12-22-25(20)14(2)3/h6-12,14,16H,5,13H2,1-4H3,(H,23,26). The van der Waals surface area contributed by atoms with E-state index in [-0.39, 0.29) is 18.0 Å². The predicted molar refractivity (Wildman–Crippen MR) is 107 cm³/mol. The second-order valence-electron chi connectivity index (χ2n) is 6.88. The molecule has 27 heavy (non-hydrogen) atoms. The Morgan fingerprint density at radius 1 is 1.26 bits per heavy atom. The highest BCUT2D eigenvalue weighted by molar-refractivity contribution is 6.06. The number of carbonyl (C=O) groups excluding carboxylic acids is 1. The van der Waals surface area contributed by atoms with Crippen LogP contribution in [0.25, 0.3) is 22.3 Å². The Kier molecular flexibility index (Phi) is 5.86. The first-order chi connectivity index (χ1) is 13.0. The molecule has 1 atom stereocenters. The second kappa shape index (κ2) is 8.31. The SMILES string of the molecule is CCC(COC)NC(=O)c1cc(-c2ccccc2)nc2c1cnn2C(C)C. The number of carbonyl (C=O) groups is 1. The van der Waals surface area contributed by atoms with Gasteiger partial charge in [0.05, 0.1) is 35.5 Å². The van der Waals surface area contributed by atoms with E-state index in [1.54, 1.807) is 13.3 Å². The summed E-state index contributed by atoms with van der Waals surface area (Å²) in [5.74, 6) is -0.133. The fourth-order valence-corrected chi connectivity index (χ4v) is 3.07. The molecule has 1 unspecified atom stereocenters. The molecular formula is C21H26N4O2. The molecule has 0 radical (unpaired) electrons. The van der Waals surface area contributed by atoms with E-state index < -0.39 is 0 Å². The van der Waals surface area contributed by atoms with E-state index in [9.17, 15) is 4.79 Å². The molecule has 1 aromatic carbocycles. The molecule has 0 aliphatic carbocycles. The molecule has 0 spiro atoms. The molecule has 6 heteroatoms. The Labute approximate surface area is 159 Å². The number of pyridine rings is 1. The highest BCUT2D eigenvalue weighted by Gasteiger charge is 2.20. The Morgan fingerprint density at radius 2 is 2.00 bits per heavy atom. The van der Waals surface area contributed by atoms with Crippen molar-refractivity contribution in [3.8, 4) is 11.3 Å². The van der Waals surface area contributed by atoms with E-state index in [1.807, 2.05) is 48.0 Å². The number of nitrogens with one attached hydrogen (secondary N) is 1. The molecule has 1 amide bonds. The zero-order valence-corrected chi connectivity index (χ0v) is 16.3. The summed E-state index contributed by atoms with van der Waals surface area (Å²) in [5.41, 5.74) is 3.03. The largest absolute Gasteiger partial charge is 0.383 e. The fraction of sp³-hybridized carbons (Fsp3) is 0.381. The van der Waals surface area contributed by atoms with E-state index in [0.717, 1.165) is 28.7 Å². The molecule has 0 saturated heterocycles. The van der Waals surface area contributed by atoms with Crippen molar-refractivity contribution in [1.29, 1.82) is 0 Å². The summed E-state index contributed by atoms with van der Waals surface area (Å²) in [7, 11) is 1.64. The summed E-state index contributed by atoms with van der Waals surface area (Å²) in [6, 6.07) is 11.8. The average Bonchev–Trinajstić information content (AvgIpc) is 3.11. The highest BCUT2D eigenvalue weighted by atomic mass is 16.5. The maximum atomic E-state index is 13.0. The van der Waals surface area contributed by atoms with Crippen LogP contribution in [0.15, 0.2) is 42.6 Å². The van der Waals surface area contributed by atoms with Gasteiger partial charge >= 0.3 is 0 Å². The van der Waals surface area contributed by atoms with Gasteiger partial charge in [0, 0.05) is 18.7 Å². The first kappa shape index (κ1) is 19.0. The van der Waals surface area contributed by atoms with Gasteiger partial charge in [0.25, 0.3) is 5.91 Å². The van der Waals surface area contributed by atoms with Gasteiger partial charge in [-0.05, 0) is 26.3 Å². The zero-order chi connectivity index (χ0) is 19.4. The third kappa shape index (κ3) is 4.01. The number of methoxy groups -OCH3 is 1. The van der Waals surface area contributed by atoms with Crippen molar-refractivity contribution in [2.45, 2.75) is 39.3 Å². The molecule has 0 aliphatic rings. The van der Waals surface area contributed by atoms with Gasteiger partial charge in [0.2, 0.25) is 0 Å². The van der Waals surface area contributed by atoms with Crippen LogP contribution in [0, 0.1) is 0 Å². The maximum absolute atomic E-state index is 13.0. The van der Waals surface area contributed by atoms with Crippen LogP contribution in [-0.2, 0) is 4.74 Å². The molecule has 3 rings (SSSR count). The first-order valence-corrected chi connectivity index (χ1v) is 9.28. The van der Waals surface area contributed by atoms with E-state index in [0.29, 0.717) is 12.2 Å². The molecule has 1 N–H and O–H groups in total. The molecule has 2 aromatic heterocycles. The van der Waals surface area contributed by atoms with Crippen LogP contribution in [0.5, 0.6) is 0 Å². The van der Waals surface area contributed by atoms with E-state index in [2.05, 4.69) is 24.3 Å². The normalized spacial score (nSPS) is 12.5. The summed E-state index contributed by atoms with van der Waals surface area (Å²) < 4.78 is 7.06. The summed E-state index contributed by atoms with van der Waals surface area (Å²) in [6.07, 6.45) is 2.52. The van der Waals surface area contributed by atoms with E-state index in [4.69, 9.17) is 9.72 Å². The minimum atomic E-state index is -0.133. The Balaban J connectivity index is 2.11. The minimum Gasteiger partial charge on any atom is -0.383 e. The number of hydrogen-bond acceptors (Lipinski definition) is 4. The molecule has 3 aromatic rings. The van der Waals surface area contributed by atoms with Crippen LogP contribution in [0.1, 0.15) is 43.6 Å². The van der Waals surface area contributed by atoms with Crippen LogP contribution < -0.4 is 5.32 Å². The Morgan fingerprint density at radius 3 is 2.63 bits per heavy atom. The topological polar surface area (TPSA) is 69.0 Å². The average molecular weight is 366 g/mol. The summed E-state index contributed by atoms with van der Waals surface area (Å²) in [5, 5.41) is 8.28. The number of nitrogens with zero attached hydrogens (tertiary/aromatic N) is 3. The molecular weight excluding hydrogens is 340 g/mol. The lowest BCUT2D eigenvalue weighted by Gasteiger charge is -2.17. The number of amides is 1. The number of aromatic nitrogens is 3. The van der Waals surface area contributed by atoms with Gasteiger partial charge in [-0.1, -0.05) is 37.3 Å². The number of ether oxygens (including phenoxy) is 1. The summed E-state index contributed by atoms with van der Waals surface area (Å²) in [4.78, 5) is 17.8. The van der Waals surface area contributed by atoms with Crippen molar-refractivity contribution in [3.05, 3.63) is 48.2 Å². The third-order valence-electron chi connectivity index (χ3n) is 4.57. The number of fused-ring (bicyclic) bond motifs is 1. The van der Waals surface area contributed by atoms with E-state index >= 15 is 0 Å². The van der Waals surface area contributed by atoms with Gasteiger partial charge < -0.3 is 10.1 Å². The second-order valence-corrected chi connectivity index (χ2v) is 6.88. The molecule has 0 fully saturated rings. The van der Waals surface area contributed by atoms with Crippen molar-refractivity contribution < 1.29 is 9.53 Å². The van der Waals surface area contributed by atoms with Crippen LogP contribution in [-0.4, -0.2) is 40.4 Å². The molecule has 0 aliphatic heterocycles. The summed E-state index contributed by atoms with van der Waals surface area (Å²) in [6.45, 7) is 6.61. The molecule has 142 valence electrons. The van der Waals surface area contributed by atoms with Gasteiger partial charge in [-0.25, -0.2) is 9.67 Å². The first-order valence-electron chi connectivity index (χ1n) is 9.28.